The van der Waals surface area contributed by atoms with Crippen LogP contribution < -0.4 is 10.6 Å². The van der Waals surface area contributed by atoms with Gasteiger partial charge in [0.1, 0.15) is 0 Å². The lowest BCUT2D eigenvalue weighted by Gasteiger charge is -2.30. The van der Waals surface area contributed by atoms with E-state index in [4.69, 9.17) is 4.52 Å². The molecule has 3 aromatic carbocycles. The number of rotatable bonds is 8. The van der Waals surface area contributed by atoms with Gasteiger partial charge in [0.2, 0.25) is 17.6 Å². The number of piperidine rings is 1. The van der Waals surface area contributed by atoms with Crippen molar-refractivity contribution in [2.75, 3.05) is 18.4 Å². The first-order valence-corrected chi connectivity index (χ1v) is 14.1. The second kappa shape index (κ2) is 12.5. The number of carbonyl (C=O) groups excluding carboxylic acids is 2. The molecule has 2 heterocycles. The highest BCUT2D eigenvalue weighted by molar-refractivity contribution is 6.04. The van der Waals surface area contributed by atoms with Gasteiger partial charge in [-0.3, -0.25) is 14.5 Å². The van der Waals surface area contributed by atoms with E-state index in [1.54, 1.807) is 18.2 Å². The third-order valence-electron chi connectivity index (χ3n) is 7.52. The molecule has 1 aliphatic heterocycles. The number of hydrogen-bond acceptors (Lipinski definition) is 6. The molecule has 1 aromatic heterocycles. The summed E-state index contributed by atoms with van der Waals surface area (Å²) in [4.78, 5) is 32.8. The van der Waals surface area contributed by atoms with Crippen LogP contribution in [0.2, 0.25) is 0 Å². The maximum atomic E-state index is 13.1. The van der Waals surface area contributed by atoms with Crippen LogP contribution in [0.5, 0.6) is 0 Å². The lowest BCUT2D eigenvalue weighted by Crippen LogP contribution is -2.38. The van der Waals surface area contributed by atoms with Gasteiger partial charge < -0.3 is 15.2 Å². The Hall–Kier alpha value is -4.30. The monoisotopic (exact) mass is 551 g/mol. The van der Waals surface area contributed by atoms with Crippen molar-refractivity contribution in [3.05, 3.63) is 101 Å². The molecule has 0 unspecified atom stereocenters. The summed E-state index contributed by atoms with van der Waals surface area (Å²) < 4.78 is 5.54. The number of benzene rings is 3. The molecule has 0 saturated carbocycles. The molecule has 0 atom stereocenters. The fourth-order valence-electron chi connectivity index (χ4n) is 5.00. The Kier molecular flexibility index (Phi) is 8.59. The Morgan fingerprint density at radius 3 is 2.32 bits per heavy atom. The van der Waals surface area contributed by atoms with Gasteiger partial charge in [-0.05, 0) is 54.6 Å². The Morgan fingerprint density at radius 2 is 1.61 bits per heavy atom. The van der Waals surface area contributed by atoms with E-state index in [-0.39, 0.29) is 23.1 Å². The van der Waals surface area contributed by atoms with Crippen molar-refractivity contribution in [3.8, 4) is 11.4 Å². The van der Waals surface area contributed by atoms with Crippen LogP contribution in [0.3, 0.4) is 0 Å². The summed E-state index contributed by atoms with van der Waals surface area (Å²) in [6.45, 7) is 9.02. The Labute approximate surface area is 241 Å². The van der Waals surface area contributed by atoms with Crippen LogP contribution >= 0.6 is 0 Å². The third-order valence-corrected chi connectivity index (χ3v) is 7.52. The normalized spacial score (nSPS) is 14.5. The van der Waals surface area contributed by atoms with E-state index in [2.05, 4.69) is 58.6 Å². The molecule has 2 N–H and O–H groups in total. The summed E-state index contributed by atoms with van der Waals surface area (Å²) in [5.74, 6) is 0.737. The van der Waals surface area contributed by atoms with E-state index >= 15 is 0 Å². The smallest absolute Gasteiger partial charge is 0.253 e. The van der Waals surface area contributed by atoms with Gasteiger partial charge in [0.25, 0.3) is 5.91 Å². The lowest BCUT2D eigenvalue weighted by atomic mass is 9.87. The highest BCUT2D eigenvalue weighted by atomic mass is 16.5. The zero-order valence-electron chi connectivity index (χ0n) is 23.9. The van der Waals surface area contributed by atoms with Crippen molar-refractivity contribution in [2.24, 2.45) is 5.92 Å². The minimum Gasteiger partial charge on any atom is -0.348 e. The second-order valence-electron chi connectivity index (χ2n) is 11.6. The van der Waals surface area contributed by atoms with Crippen LogP contribution in [0.15, 0.2) is 83.4 Å². The molecule has 1 aliphatic rings. The first kappa shape index (κ1) is 28.2. The van der Waals surface area contributed by atoms with E-state index in [1.807, 2.05) is 48.5 Å². The number of hydrogen-bond donors (Lipinski definition) is 2. The zero-order chi connectivity index (χ0) is 28.8. The van der Waals surface area contributed by atoms with Crippen LogP contribution in [-0.4, -0.2) is 39.9 Å². The Bertz CT molecular complexity index is 1470. The van der Waals surface area contributed by atoms with Crippen molar-refractivity contribution in [1.82, 2.24) is 20.4 Å². The molecule has 0 bridgehead atoms. The number of nitrogens with one attached hydrogen (secondary N) is 2. The van der Waals surface area contributed by atoms with Crippen molar-refractivity contribution < 1.29 is 14.1 Å². The average Bonchev–Trinajstić information content (AvgIpc) is 3.45. The molecule has 0 spiro atoms. The van der Waals surface area contributed by atoms with E-state index in [0.29, 0.717) is 48.9 Å². The molecule has 8 nitrogen and oxygen atoms in total. The van der Waals surface area contributed by atoms with Crippen molar-refractivity contribution in [3.63, 3.8) is 0 Å². The number of amides is 2. The van der Waals surface area contributed by atoms with Gasteiger partial charge in [-0.15, -0.1) is 0 Å². The van der Waals surface area contributed by atoms with Crippen molar-refractivity contribution in [2.45, 2.75) is 52.1 Å². The van der Waals surface area contributed by atoms with E-state index in [0.717, 1.165) is 24.2 Å². The fraction of sp³-hybridized carbons (Fsp3) is 0.333. The third kappa shape index (κ3) is 7.27. The second-order valence-corrected chi connectivity index (χ2v) is 11.6. The maximum absolute atomic E-state index is 13.1. The summed E-state index contributed by atoms with van der Waals surface area (Å²) in [6.07, 6.45) is 1.42. The standard InChI is InChI=1S/C33H37N5O3/c1-33(2,3)26-15-13-24(14-16-26)30-36-29(41-37-30)22-38-19-17-25(18-20-38)31(39)35-28-12-8-7-11-27(28)32(40)34-21-23-9-5-4-6-10-23/h4-16,25H,17-22H2,1-3H3,(H,34,40)(H,35,39). The quantitative estimate of drug-likeness (QED) is 0.286. The SMILES string of the molecule is CC(C)(C)c1ccc(-c2noc(CN3CCC(C(=O)Nc4ccccc4C(=O)NCc4ccccc4)CC3)n2)cc1. The molecular weight excluding hydrogens is 514 g/mol. The van der Waals surface area contributed by atoms with Gasteiger partial charge in [-0.1, -0.05) is 92.7 Å². The van der Waals surface area contributed by atoms with Crippen LogP contribution in [0.1, 0.15) is 61.0 Å². The van der Waals surface area contributed by atoms with Crippen LogP contribution in [0.25, 0.3) is 11.4 Å². The predicted octanol–water partition coefficient (Wildman–Crippen LogP) is 5.81. The number of carbonyl (C=O) groups is 2. The molecule has 8 heteroatoms. The zero-order valence-corrected chi connectivity index (χ0v) is 23.9. The first-order chi connectivity index (χ1) is 19.8. The number of aromatic nitrogens is 2. The molecular formula is C33H37N5O3. The van der Waals surface area contributed by atoms with E-state index < -0.39 is 0 Å². The van der Waals surface area contributed by atoms with Crippen molar-refractivity contribution >= 4 is 17.5 Å². The molecule has 4 aromatic rings. The van der Waals surface area contributed by atoms with Gasteiger partial charge in [0.05, 0.1) is 17.8 Å². The summed E-state index contributed by atoms with van der Waals surface area (Å²) in [6, 6.07) is 25.1. The Morgan fingerprint density at radius 1 is 0.927 bits per heavy atom. The summed E-state index contributed by atoms with van der Waals surface area (Å²) in [7, 11) is 0. The van der Waals surface area contributed by atoms with Crippen LogP contribution in [0.4, 0.5) is 5.69 Å². The van der Waals surface area contributed by atoms with Gasteiger partial charge in [0, 0.05) is 18.0 Å². The van der Waals surface area contributed by atoms with Gasteiger partial charge in [-0.2, -0.15) is 4.98 Å². The molecule has 0 radical (unpaired) electrons. The van der Waals surface area contributed by atoms with Crippen molar-refractivity contribution in [1.29, 1.82) is 0 Å². The molecule has 212 valence electrons. The van der Waals surface area contributed by atoms with Crippen LogP contribution in [-0.2, 0) is 23.3 Å². The van der Waals surface area contributed by atoms with E-state index in [1.165, 1.54) is 5.56 Å². The van der Waals surface area contributed by atoms with Gasteiger partial charge in [-0.25, -0.2) is 0 Å². The molecule has 1 fully saturated rings. The minimum absolute atomic E-state index is 0.0632. The highest BCUT2D eigenvalue weighted by Crippen LogP contribution is 2.26. The predicted molar refractivity (Wildman–Crippen MR) is 159 cm³/mol. The minimum atomic E-state index is -0.219. The highest BCUT2D eigenvalue weighted by Gasteiger charge is 2.27. The van der Waals surface area contributed by atoms with Gasteiger partial charge >= 0.3 is 0 Å². The fourth-order valence-corrected chi connectivity index (χ4v) is 5.00. The number of anilines is 1. The molecule has 41 heavy (non-hydrogen) atoms. The number of likely N-dealkylation sites (tertiary alicyclic amines) is 1. The maximum Gasteiger partial charge on any atom is 0.253 e. The Balaban J connectivity index is 1.12. The summed E-state index contributed by atoms with van der Waals surface area (Å²) in [5, 5.41) is 10.1. The molecule has 5 rings (SSSR count). The van der Waals surface area contributed by atoms with Crippen LogP contribution in [0, 0.1) is 5.92 Å². The first-order valence-electron chi connectivity index (χ1n) is 14.1. The van der Waals surface area contributed by atoms with E-state index in [9.17, 15) is 9.59 Å². The number of nitrogens with zero attached hydrogens (tertiary/aromatic N) is 3. The van der Waals surface area contributed by atoms with Gasteiger partial charge in [0.15, 0.2) is 0 Å². The largest absolute Gasteiger partial charge is 0.348 e. The number of para-hydroxylation sites is 1. The average molecular weight is 552 g/mol. The molecule has 0 aliphatic carbocycles. The summed E-state index contributed by atoms with van der Waals surface area (Å²) >= 11 is 0. The topological polar surface area (TPSA) is 100 Å². The lowest BCUT2D eigenvalue weighted by molar-refractivity contribution is -0.121. The molecule has 2 amide bonds. The summed E-state index contributed by atoms with van der Waals surface area (Å²) in [5.41, 5.74) is 4.27. The molecule has 1 saturated heterocycles.